The predicted octanol–water partition coefficient (Wildman–Crippen LogP) is 2.79. The van der Waals surface area contributed by atoms with Crippen LogP contribution in [0.2, 0.25) is 0 Å². The minimum Gasteiger partial charge on any atom is -0.506 e. The summed E-state index contributed by atoms with van der Waals surface area (Å²) in [4.78, 5) is 27.8. The van der Waals surface area contributed by atoms with Gasteiger partial charge in [0.15, 0.2) is 0 Å². The topological polar surface area (TPSA) is 124 Å². The van der Waals surface area contributed by atoms with Gasteiger partial charge in [-0.3, -0.25) is 14.6 Å². The number of para-hydroxylation sites is 1. The van der Waals surface area contributed by atoms with Crippen molar-refractivity contribution in [2.45, 2.75) is 25.9 Å². The number of carbonyl (C=O) groups is 2. The molecule has 8 nitrogen and oxygen atoms in total. The van der Waals surface area contributed by atoms with Crippen LogP contribution >= 0.6 is 0 Å². The molecule has 0 spiro atoms. The fourth-order valence-electron chi connectivity index (χ4n) is 3.31. The molecule has 0 saturated heterocycles. The third-order valence-corrected chi connectivity index (χ3v) is 4.92. The molecule has 1 atom stereocenters. The van der Waals surface area contributed by atoms with E-state index in [-0.39, 0.29) is 29.7 Å². The SMILES string of the molecule is CC(=O)Nc1cc(C(O)CNCCc2ccnc(CC(=O)Nc3ccccc3)c2)ccc1O. The first-order valence-electron chi connectivity index (χ1n) is 10.7. The summed E-state index contributed by atoms with van der Waals surface area (Å²) in [6.45, 7) is 2.28. The molecule has 0 radical (unpaired) electrons. The molecule has 33 heavy (non-hydrogen) atoms. The Hall–Kier alpha value is -3.75. The highest BCUT2D eigenvalue weighted by Crippen LogP contribution is 2.27. The van der Waals surface area contributed by atoms with Crippen LogP contribution in [0.25, 0.3) is 0 Å². The van der Waals surface area contributed by atoms with E-state index in [0.717, 1.165) is 11.3 Å². The number of nitrogens with one attached hydrogen (secondary N) is 3. The maximum atomic E-state index is 12.2. The molecule has 1 unspecified atom stereocenters. The van der Waals surface area contributed by atoms with Crippen LogP contribution in [0.3, 0.4) is 0 Å². The molecule has 8 heteroatoms. The van der Waals surface area contributed by atoms with Gasteiger partial charge >= 0.3 is 0 Å². The van der Waals surface area contributed by atoms with Gasteiger partial charge in [0, 0.05) is 31.0 Å². The van der Waals surface area contributed by atoms with Crippen LogP contribution in [0.15, 0.2) is 66.9 Å². The number of hydrogen-bond acceptors (Lipinski definition) is 6. The molecule has 0 aliphatic carbocycles. The van der Waals surface area contributed by atoms with Crippen LogP contribution in [-0.4, -0.2) is 40.1 Å². The van der Waals surface area contributed by atoms with Crippen molar-refractivity contribution in [3.05, 3.63) is 83.7 Å². The first-order valence-corrected chi connectivity index (χ1v) is 10.7. The molecular weight excluding hydrogens is 420 g/mol. The molecule has 5 N–H and O–H groups in total. The van der Waals surface area contributed by atoms with E-state index in [1.165, 1.54) is 13.0 Å². The molecule has 0 bridgehead atoms. The number of rotatable bonds is 10. The molecule has 0 aliphatic heterocycles. The number of benzene rings is 2. The fraction of sp³-hybridized carbons (Fsp3) is 0.240. The van der Waals surface area contributed by atoms with Crippen molar-refractivity contribution >= 4 is 23.2 Å². The van der Waals surface area contributed by atoms with Gasteiger partial charge < -0.3 is 26.2 Å². The summed E-state index contributed by atoms with van der Waals surface area (Å²) in [5.41, 5.74) is 3.32. The van der Waals surface area contributed by atoms with E-state index in [1.807, 2.05) is 42.5 Å². The predicted molar refractivity (Wildman–Crippen MR) is 127 cm³/mol. The van der Waals surface area contributed by atoms with E-state index in [4.69, 9.17) is 0 Å². The maximum Gasteiger partial charge on any atom is 0.230 e. The van der Waals surface area contributed by atoms with Gasteiger partial charge in [-0.1, -0.05) is 24.3 Å². The number of phenols is 1. The Morgan fingerprint density at radius 3 is 2.58 bits per heavy atom. The second-order valence-electron chi connectivity index (χ2n) is 7.67. The molecular formula is C25H28N4O4. The molecule has 0 fully saturated rings. The molecule has 0 aliphatic rings. The Morgan fingerprint density at radius 2 is 1.82 bits per heavy atom. The number of aromatic nitrogens is 1. The summed E-state index contributed by atoms with van der Waals surface area (Å²) in [6, 6.07) is 17.7. The lowest BCUT2D eigenvalue weighted by Crippen LogP contribution is -2.24. The molecule has 1 aromatic heterocycles. The van der Waals surface area contributed by atoms with Crippen LogP contribution in [0.4, 0.5) is 11.4 Å². The van der Waals surface area contributed by atoms with Crippen LogP contribution < -0.4 is 16.0 Å². The average Bonchev–Trinajstić information content (AvgIpc) is 2.78. The molecule has 172 valence electrons. The Labute approximate surface area is 192 Å². The summed E-state index contributed by atoms with van der Waals surface area (Å²) in [5, 5.41) is 28.8. The number of phenolic OH excluding ortho intramolecular Hbond substituents is 1. The summed E-state index contributed by atoms with van der Waals surface area (Å²) >= 11 is 0. The van der Waals surface area contributed by atoms with Gasteiger partial charge in [0.2, 0.25) is 11.8 Å². The van der Waals surface area contributed by atoms with E-state index in [9.17, 15) is 19.8 Å². The quantitative estimate of drug-likeness (QED) is 0.240. The lowest BCUT2D eigenvalue weighted by atomic mass is 10.1. The van der Waals surface area contributed by atoms with Crippen LogP contribution in [0.1, 0.15) is 29.8 Å². The normalized spacial score (nSPS) is 11.6. The van der Waals surface area contributed by atoms with E-state index in [2.05, 4.69) is 20.9 Å². The number of pyridine rings is 1. The maximum absolute atomic E-state index is 12.2. The lowest BCUT2D eigenvalue weighted by Gasteiger charge is -2.14. The Morgan fingerprint density at radius 1 is 1.03 bits per heavy atom. The number of anilines is 2. The largest absolute Gasteiger partial charge is 0.506 e. The van der Waals surface area contributed by atoms with Crippen molar-refractivity contribution in [1.29, 1.82) is 0 Å². The van der Waals surface area contributed by atoms with Gasteiger partial charge in [-0.05, 0) is 60.5 Å². The number of nitrogens with zero attached hydrogens (tertiary/aromatic N) is 1. The second-order valence-corrected chi connectivity index (χ2v) is 7.67. The molecule has 2 aromatic carbocycles. The molecule has 3 rings (SSSR count). The first-order chi connectivity index (χ1) is 15.9. The number of aliphatic hydroxyl groups excluding tert-OH is 1. The third-order valence-electron chi connectivity index (χ3n) is 4.92. The second kappa shape index (κ2) is 11.8. The van der Waals surface area contributed by atoms with Gasteiger partial charge in [-0.2, -0.15) is 0 Å². The van der Waals surface area contributed by atoms with Crippen LogP contribution in [0, 0.1) is 0 Å². The summed E-state index contributed by atoms with van der Waals surface area (Å²) < 4.78 is 0. The van der Waals surface area contributed by atoms with Gasteiger partial charge in [-0.25, -0.2) is 0 Å². The molecule has 2 amide bonds. The number of aromatic hydroxyl groups is 1. The monoisotopic (exact) mass is 448 g/mol. The highest BCUT2D eigenvalue weighted by Gasteiger charge is 2.11. The third kappa shape index (κ3) is 7.71. The van der Waals surface area contributed by atoms with Crippen molar-refractivity contribution in [2.75, 3.05) is 23.7 Å². The number of amides is 2. The number of carbonyl (C=O) groups excluding carboxylic acids is 2. The summed E-state index contributed by atoms with van der Waals surface area (Å²) in [7, 11) is 0. The smallest absolute Gasteiger partial charge is 0.230 e. The highest BCUT2D eigenvalue weighted by molar-refractivity contribution is 5.92. The Kier molecular flexibility index (Phi) is 8.51. The van der Waals surface area contributed by atoms with E-state index in [0.29, 0.717) is 30.8 Å². The van der Waals surface area contributed by atoms with E-state index < -0.39 is 6.10 Å². The minimum atomic E-state index is -0.798. The van der Waals surface area contributed by atoms with E-state index >= 15 is 0 Å². The van der Waals surface area contributed by atoms with Crippen molar-refractivity contribution < 1.29 is 19.8 Å². The van der Waals surface area contributed by atoms with Crippen molar-refractivity contribution in [3.63, 3.8) is 0 Å². The van der Waals surface area contributed by atoms with Gasteiger partial charge in [0.1, 0.15) is 5.75 Å². The zero-order valence-electron chi connectivity index (χ0n) is 18.4. The zero-order chi connectivity index (χ0) is 23.6. The zero-order valence-corrected chi connectivity index (χ0v) is 18.4. The van der Waals surface area contributed by atoms with Crippen molar-refractivity contribution in [3.8, 4) is 5.75 Å². The van der Waals surface area contributed by atoms with Gasteiger partial charge in [-0.15, -0.1) is 0 Å². The van der Waals surface area contributed by atoms with Gasteiger partial charge in [0.05, 0.1) is 18.2 Å². The Balaban J connectivity index is 1.46. The van der Waals surface area contributed by atoms with Crippen molar-refractivity contribution in [1.82, 2.24) is 10.3 Å². The number of hydrogen-bond donors (Lipinski definition) is 5. The van der Waals surface area contributed by atoms with Gasteiger partial charge in [0.25, 0.3) is 0 Å². The summed E-state index contributed by atoms with van der Waals surface area (Å²) in [5.74, 6) is -0.482. The standard InChI is InChI=1S/C25H28N4O4/c1-17(30)28-22-14-19(7-8-23(22)31)24(32)16-26-11-9-18-10-12-27-21(13-18)15-25(33)29-20-5-3-2-4-6-20/h2-8,10,12-14,24,26,31-32H,9,11,15-16H2,1H3,(H,28,30)(H,29,33). The molecule has 3 aromatic rings. The molecule has 0 saturated carbocycles. The summed E-state index contributed by atoms with van der Waals surface area (Å²) in [6.07, 6.45) is 1.78. The first kappa shape index (κ1) is 23.9. The average molecular weight is 449 g/mol. The van der Waals surface area contributed by atoms with Crippen LogP contribution in [0.5, 0.6) is 5.75 Å². The minimum absolute atomic E-state index is 0.0555. The Bertz CT molecular complexity index is 1090. The van der Waals surface area contributed by atoms with E-state index in [1.54, 1.807) is 18.3 Å². The van der Waals surface area contributed by atoms with Crippen molar-refractivity contribution in [2.24, 2.45) is 0 Å². The molecule has 1 heterocycles. The fourth-order valence-corrected chi connectivity index (χ4v) is 3.31. The van der Waals surface area contributed by atoms with Crippen LogP contribution in [-0.2, 0) is 22.4 Å². The highest BCUT2D eigenvalue weighted by atomic mass is 16.3. The number of aliphatic hydroxyl groups is 1. The lowest BCUT2D eigenvalue weighted by molar-refractivity contribution is -0.116.